The molecule has 0 amide bonds. The van der Waals surface area contributed by atoms with E-state index in [0.717, 1.165) is 29.5 Å². The average molecular weight is 598 g/mol. The highest BCUT2D eigenvalue weighted by Crippen LogP contribution is 2.41. The van der Waals surface area contributed by atoms with Crippen LogP contribution in [-0.4, -0.2) is 30.0 Å². The number of anilines is 1. The van der Waals surface area contributed by atoms with Crippen LogP contribution in [0.1, 0.15) is 40.7 Å². The average Bonchev–Trinajstić information content (AvgIpc) is 3.08. The summed E-state index contributed by atoms with van der Waals surface area (Å²) in [5.41, 5.74) is 4.21. The van der Waals surface area contributed by atoms with Gasteiger partial charge in [-0.1, -0.05) is 121 Å². The summed E-state index contributed by atoms with van der Waals surface area (Å²) in [6.45, 7) is 1.25. The van der Waals surface area contributed by atoms with Crippen molar-refractivity contribution in [3.63, 3.8) is 0 Å². The molecule has 2 N–H and O–H groups in total. The first-order chi connectivity index (χ1) is 21.6. The zero-order chi connectivity index (χ0) is 30.2. The lowest BCUT2D eigenvalue weighted by atomic mass is 9.76. The third kappa shape index (κ3) is 6.23. The normalized spacial score (nSPS) is 13.4. The van der Waals surface area contributed by atoms with Crippen molar-refractivity contribution in [3.05, 3.63) is 160 Å². The van der Waals surface area contributed by atoms with Gasteiger partial charge in [0.1, 0.15) is 17.4 Å². The van der Waals surface area contributed by atoms with Gasteiger partial charge >= 0.3 is 0 Å². The van der Waals surface area contributed by atoms with Crippen LogP contribution in [0, 0.1) is 17.3 Å². The largest absolute Gasteiger partial charge is 0.474 e. The summed E-state index contributed by atoms with van der Waals surface area (Å²) >= 11 is 6.40. The van der Waals surface area contributed by atoms with E-state index in [2.05, 4.69) is 58.5 Å². The Hall–Kier alpha value is -4.89. The number of halogens is 1. The van der Waals surface area contributed by atoms with Gasteiger partial charge in [0.2, 0.25) is 5.88 Å². The van der Waals surface area contributed by atoms with Crippen LogP contribution >= 0.6 is 11.6 Å². The molecule has 1 aromatic heterocycles. The zero-order valence-electron chi connectivity index (χ0n) is 24.2. The number of hydrogen-bond acceptors (Lipinski definition) is 5. The third-order valence-electron chi connectivity index (χ3n) is 7.75. The van der Waals surface area contributed by atoms with Gasteiger partial charge in [0.25, 0.3) is 0 Å². The van der Waals surface area contributed by atoms with Crippen molar-refractivity contribution >= 4 is 23.0 Å². The Morgan fingerprint density at radius 1 is 0.795 bits per heavy atom. The molecule has 0 bridgehead atoms. The van der Waals surface area contributed by atoms with Gasteiger partial charge in [-0.25, -0.2) is 4.98 Å². The molecular weight excluding hydrogens is 566 g/mol. The Morgan fingerprint density at radius 2 is 1.34 bits per heavy atom. The van der Waals surface area contributed by atoms with Gasteiger partial charge in [-0.3, -0.25) is 5.41 Å². The van der Waals surface area contributed by atoms with Crippen molar-refractivity contribution in [2.75, 3.05) is 18.5 Å². The molecule has 1 fully saturated rings. The Bertz CT molecular complexity index is 1680. The van der Waals surface area contributed by atoms with Gasteiger partial charge in [-0.2, -0.15) is 0 Å². The number of benzene rings is 4. The predicted octanol–water partition coefficient (Wildman–Crippen LogP) is 8.12. The first-order valence-electron chi connectivity index (χ1n) is 14.7. The molecule has 1 aliphatic heterocycles. The van der Waals surface area contributed by atoms with Crippen LogP contribution < -0.4 is 10.1 Å². The molecule has 5 aromatic rings. The standard InChI is InChI=1S/C38H32ClN3O2/c39-33-19-11-10-12-28(33)20-21-34(40)36-35(22-25-41-37(36)44-32-23-26-43-27-24-32)42-38(29-13-4-1-5-14-29,30-15-6-2-7-16-30)31-17-8-3-9-18-31/h1-19,22,25,32,40H,23-24,26-27H2,(H,41,42). The number of aromatic nitrogens is 1. The Balaban J connectivity index is 1.54. The second-order valence-corrected chi connectivity index (χ2v) is 11.0. The molecule has 6 rings (SSSR count). The summed E-state index contributed by atoms with van der Waals surface area (Å²) in [5.74, 6) is 6.50. The fourth-order valence-corrected chi connectivity index (χ4v) is 5.75. The SMILES string of the molecule is N=C(C#Cc1ccccc1Cl)c1c(NC(c2ccccc2)(c2ccccc2)c2ccccc2)ccnc1OC1CCOCC1. The molecule has 0 aliphatic carbocycles. The number of nitrogens with one attached hydrogen (secondary N) is 2. The monoisotopic (exact) mass is 597 g/mol. The van der Waals surface area contributed by atoms with Crippen molar-refractivity contribution in [1.29, 1.82) is 5.41 Å². The topological polar surface area (TPSA) is 67.2 Å². The number of pyridine rings is 1. The summed E-state index contributed by atoms with van der Waals surface area (Å²) in [4.78, 5) is 4.64. The summed E-state index contributed by atoms with van der Waals surface area (Å²) < 4.78 is 12.1. The molecule has 4 aromatic carbocycles. The molecule has 6 heteroatoms. The van der Waals surface area contributed by atoms with Crippen molar-refractivity contribution in [2.24, 2.45) is 0 Å². The van der Waals surface area contributed by atoms with E-state index in [0.29, 0.717) is 40.9 Å². The van der Waals surface area contributed by atoms with Crippen molar-refractivity contribution < 1.29 is 9.47 Å². The van der Waals surface area contributed by atoms with Crippen molar-refractivity contribution in [3.8, 4) is 17.7 Å². The van der Waals surface area contributed by atoms with Crippen LogP contribution in [0.25, 0.3) is 0 Å². The van der Waals surface area contributed by atoms with E-state index < -0.39 is 5.54 Å². The highest BCUT2D eigenvalue weighted by atomic mass is 35.5. The quantitative estimate of drug-likeness (QED) is 0.108. The van der Waals surface area contributed by atoms with Gasteiger partial charge in [0, 0.05) is 24.6 Å². The molecule has 0 saturated carbocycles. The summed E-state index contributed by atoms with van der Waals surface area (Å²) in [7, 11) is 0. The minimum atomic E-state index is -0.813. The lowest BCUT2D eigenvalue weighted by Crippen LogP contribution is -2.38. The van der Waals surface area contributed by atoms with Crippen molar-refractivity contribution in [2.45, 2.75) is 24.5 Å². The summed E-state index contributed by atoms with van der Waals surface area (Å²) in [6.07, 6.45) is 3.15. The lowest BCUT2D eigenvalue weighted by Gasteiger charge is -2.38. The lowest BCUT2D eigenvalue weighted by molar-refractivity contribution is 0.0237. The van der Waals surface area contributed by atoms with E-state index >= 15 is 0 Å². The van der Waals surface area contributed by atoms with Crippen molar-refractivity contribution in [1.82, 2.24) is 4.98 Å². The molecule has 44 heavy (non-hydrogen) atoms. The van der Waals surface area contributed by atoms with E-state index in [1.54, 1.807) is 12.3 Å². The second kappa shape index (κ2) is 13.6. The maximum atomic E-state index is 9.27. The molecule has 0 spiro atoms. The van der Waals surface area contributed by atoms with E-state index in [1.165, 1.54) is 0 Å². The van der Waals surface area contributed by atoms with E-state index in [1.807, 2.05) is 78.9 Å². The molecule has 218 valence electrons. The van der Waals surface area contributed by atoms with Crippen LogP contribution in [-0.2, 0) is 10.3 Å². The fourth-order valence-electron chi connectivity index (χ4n) is 5.57. The third-order valence-corrected chi connectivity index (χ3v) is 8.08. The minimum Gasteiger partial charge on any atom is -0.474 e. The molecule has 0 unspecified atom stereocenters. The minimum absolute atomic E-state index is 0.0725. The zero-order valence-corrected chi connectivity index (χ0v) is 24.9. The molecule has 0 atom stereocenters. The molecule has 2 heterocycles. The van der Waals surface area contributed by atoms with Crippen LogP contribution in [0.2, 0.25) is 5.02 Å². The highest BCUT2D eigenvalue weighted by Gasteiger charge is 2.37. The smallest absolute Gasteiger partial charge is 0.226 e. The number of ether oxygens (including phenoxy) is 2. The molecule has 0 radical (unpaired) electrons. The summed E-state index contributed by atoms with van der Waals surface area (Å²) in [6, 6.07) is 40.3. The Labute approximate surface area is 263 Å². The van der Waals surface area contributed by atoms with Gasteiger partial charge < -0.3 is 14.8 Å². The number of hydrogen-bond donors (Lipinski definition) is 2. The van der Waals surface area contributed by atoms with Crippen LogP contribution in [0.3, 0.4) is 0 Å². The van der Waals surface area contributed by atoms with E-state index in [9.17, 15) is 5.41 Å². The van der Waals surface area contributed by atoms with Gasteiger partial charge in [0.15, 0.2) is 0 Å². The molecular formula is C38H32ClN3O2. The van der Waals surface area contributed by atoms with Crippen LogP contribution in [0.5, 0.6) is 5.88 Å². The number of rotatable bonds is 8. The van der Waals surface area contributed by atoms with E-state index in [-0.39, 0.29) is 11.8 Å². The maximum absolute atomic E-state index is 9.27. The van der Waals surface area contributed by atoms with Gasteiger partial charge in [-0.05, 0) is 40.8 Å². The summed E-state index contributed by atoms with van der Waals surface area (Å²) in [5, 5.41) is 13.7. The van der Waals surface area contributed by atoms with Crippen LogP contribution in [0.15, 0.2) is 128 Å². The highest BCUT2D eigenvalue weighted by molar-refractivity contribution is 6.31. The first kappa shape index (κ1) is 29.2. The predicted molar refractivity (Wildman–Crippen MR) is 177 cm³/mol. The fraction of sp³-hybridized carbons (Fsp3) is 0.158. The molecule has 5 nitrogen and oxygen atoms in total. The molecule has 1 saturated heterocycles. The number of nitrogens with zero attached hydrogens (tertiary/aromatic N) is 1. The Kier molecular flexibility index (Phi) is 9.03. The first-order valence-corrected chi connectivity index (χ1v) is 15.1. The molecule has 1 aliphatic rings. The van der Waals surface area contributed by atoms with E-state index in [4.69, 9.17) is 21.1 Å². The van der Waals surface area contributed by atoms with Gasteiger partial charge in [-0.15, -0.1) is 0 Å². The Morgan fingerprint density at radius 3 is 1.91 bits per heavy atom. The van der Waals surface area contributed by atoms with Gasteiger partial charge in [0.05, 0.1) is 29.5 Å². The van der Waals surface area contributed by atoms with Crippen LogP contribution in [0.4, 0.5) is 5.69 Å². The maximum Gasteiger partial charge on any atom is 0.226 e. The second-order valence-electron chi connectivity index (χ2n) is 10.5.